The number of ether oxygens (including phenoxy) is 2. The summed E-state index contributed by atoms with van der Waals surface area (Å²) in [7, 11) is -2.29. The molecule has 2 aromatic rings. The van der Waals surface area contributed by atoms with E-state index in [0.717, 1.165) is 0 Å². The van der Waals surface area contributed by atoms with Gasteiger partial charge >= 0.3 is 5.97 Å². The van der Waals surface area contributed by atoms with Crippen LogP contribution in [-0.4, -0.2) is 45.7 Å². The van der Waals surface area contributed by atoms with Crippen LogP contribution in [0.2, 0.25) is 0 Å². The molecule has 0 radical (unpaired) electrons. The molecule has 0 saturated heterocycles. The van der Waals surface area contributed by atoms with Gasteiger partial charge in [-0.05, 0) is 24.3 Å². The second-order valence-electron chi connectivity index (χ2n) is 4.92. The third-order valence-electron chi connectivity index (χ3n) is 3.06. The summed E-state index contributed by atoms with van der Waals surface area (Å²) in [4.78, 5) is 23.1. The number of anilines is 1. The highest BCUT2D eigenvalue weighted by atomic mass is 32.2. The Morgan fingerprint density at radius 3 is 2.54 bits per heavy atom. The van der Waals surface area contributed by atoms with Crippen LogP contribution in [0.4, 0.5) is 5.82 Å². The van der Waals surface area contributed by atoms with Crippen molar-refractivity contribution in [3.8, 4) is 5.75 Å². The van der Waals surface area contributed by atoms with Gasteiger partial charge in [-0.25, -0.2) is 13.1 Å². The predicted octanol–water partition coefficient (Wildman–Crippen LogP) is 0.533. The summed E-state index contributed by atoms with van der Waals surface area (Å²) in [6.45, 7) is -0.685. The summed E-state index contributed by atoms with van der Waals surface area (Å²) < 4.78 is 40.7. The number of carbonyl (C=O) groups is 2. The van der Waals surface area contributed by atoms with E-state index in [1.54, 1.807) is 0 Å². The third kappa shape index (κ3) is 5.86. The highest BCUT2D eigenvalue weighted by molar-refractivity contribution is 7.89. The summed E-state index contributed by atoms with van der Waals surface area (Å²) in [6.07, 6.45) is 1.04. The first kappa shape index (κ1) is 19.4. The summed E-state index contributed by atoms with van der Waals surface area (Å²) >= 11 is 0. The number of carbonyl (C=O) groups excluding carboxylic acids is 2. The van der Waals surface area contributed by atoms with Gasteiger partial charge in [0.05, 0.1) is 18.4 Å². The molecule has 2 N–H and O–H groups in total. The van der Waals surface area contributed by atoms with Gasteiger partial charge in [-0.1, -0.05) is 5.16 Å². The van der Waals surface area contributed by atoms with E-state index in [1.807, 2.05) is 0 Å². The van der Waals surface area contributed by atoms with Crippen molar-refractivity contribution in [3.63, 3.8) is 0 Å². The molecule has 0 bridgehead atoms. The predicted molar refractivity (Wildman–Crippen MR) is 88.9 cm³/mol. The van der Waals surface area contributed by atoms with Crippen molar-refractivity contribution < 1.29 is 32.0 Å². The second kappa shape index (κ2) is 8.97. The molecule has 1 amide bonds. The lowest BCUT2D eigenvalue weighted by molar-refractivity contribution is -0.147. The molecule has 1 aromatic carbocycles. The van der Waals surface area contributed by atoms with E-state index in [1.165, 1.54) is 43.7 Å². The molecule has 0 unspecified atom stereocenters. The Hall–Kier alpha value is -2.92. The summed E-state index contributed by atoms with van der Waals surface area (Å²) in [5.41, 5.74) is 0. The molecule has 1 heterocycles. The third-order valence-corrected chi connectivity index (χ3v) is 4.54. The number of benzene rings is 1. The van der Waals surface area contributed by atoms with Crippen molar-refractivity contribution in [1.29, 1.82) is 0 Å². The molecule has 0 saturated carbocycles. The minimum Gasteiger partial charge on any atom is -0.497 e. The number of nitrogens with one attached hydrogen (secondary N) is 2. The van der Waals surface area contributed by atoms with Crippen molar-refractivity contribution >= 4 is 27.7 Å². The number of hydrogen-bond acceptors (Lipinski definition) is 8. The van der Waals surface area contributed by atoms with Gasteiger partial charge in [-0.15, -0.1) is 0 Å². The summed E-state index contributed by atoms with van der Waals surface area (Å²) in [5.74, 6) is -0.599. The van der Waals surface area contributed by atoms with Crippen molar-refractivity contribution in [2.75, 3.05) is 25.6 Å². The Labute approximate surface area is 149 Å². The topological polar surface area (TPSA) is 137 Å². The van der Waals surface area contributed by atoms with Crippen LogP contribution in [-0.2, 0) is 24.3 Å². The fourth-order valence-corrected chi connectivity index (χ4v) is 2.83. The monoisotopic (exact) mass is 383 g/mol. The van der Waals surface area contributed by atoms with Gasteiger partial charge in [0, 0.05) is 12.6 Å². The molecular formula is C15H17N3O7S. The lowest BCUT2D eigenvalue weighted by atomic mass is 10.3. The molecule has 140 valence electrons. The number of esters is 1. The van der Waals surface area contributed by atoms with Crippen molar-refractivity contribution in [2.45, 2.75) is 11.3 Å². The molecule has 26 heavy (non-hydrogen) atoms. The first-order valence-electron chi connectivity index (χ1n) is 7.40. The molecule has 11 heteroatoms. The highest BCUT2D eigenvalue weighted by Gasteiger charge is 2.15. The van der Waals surface area contributed by atoms with Crippen LogP contribution in [0.1, 0.15) is 6.42 Å². The van der Waals surface area contributed by atoms with E-state index in [4.69, 9.17) is 9.47 Å². The Morgan fingerprint density at radius 2 is 1.92 bits per heavy atom. The average Bonchev–Trinajstić information content (AvgIpc) is 3.13. The van der Waals surface area contributed by atoms with Gasteiger partial charge in [0.15, 0.2) is 12.4 Å². The number of nitrogens with zero attached hydrogens (tertiary/aromatic N) is 1. The Morgan fingerprint density at radius 1 is 1.19 bits per heavy atom. The Bertz CT molecular complexity index is 833. The molecular weight excluding hydrogens is 366 g/mol. The molecule has 0 spiro atoms. The molecule has 0 aliphatic carbocycles. The smallest absolute Gasteiger partial charge is 0.307 e. The largest absolute Gasteiger partial charge is 0.497 e. The SMILES string of the molecule is COc1ccc(S(=O)(=O)NCCC(=O)OCC(=O)Nc2ccon2)cc1. The van der Waals surface area contributed by atoms with Crippen LogP contribution in [0.25, 0.3) is 0 Å². The first-order valence-corrected chi connectivity index (χ1v) is 8.88. The molecule has 2 rings (SSSR count). The van der Waals surface area contributed by atoms with Crippen LogP contribution in [0.15, 0.2) is 46.0 Å². The second-order valence-corrected chi connectivity index (χ2v) is 6.68. The van der Waals surface area contributed by atoms with E-state index in [-0.39, 0.29) is 23.7 Å². The lowest BCUT2D eigenvalue weighted by Gasteiger charge is -2.08. The fraction of sp³-hybridized carbons (Fsp3) is 0.267. The van der Waals surface area contributed by atoms with Crippen LogP contribution in [0.5, 0.6) is 5.75 Å². The van der Waals surface area contributed by atoms with E-state index >= 15 is 0 Å². The minimum absolute atomic E-state index is 0.0404. The van der Waals surface area contributed by atoms with Crippen molar-refractivity contribution in [3.05, 3.63) is 36.6 Å². The number of methoxy groups -OCH3 is 1. The van der Waals surface area contributed by atoms with E-state index in [9.17, 15) is 18.0 Å². The maximum atomic E-state index is 12.1. The molecule has 0 atom stereocenters. The lowest BCUT2D eigenvalue weighted by Crippen LogP contribution is -2.28. The fourth-order valence-electron chi connectivity index (χ4n) is 1.80. The van der Waals surface area contributed by atoms with Gasteiger partial charge in [-0.3, -0.25) is 9.59 Å². The Balaban J connectivity index is 1.72. The minimum atomic E-state index is -3.76. The number of rotatable bonds is 9. The zero-order valence-corrected chi connectivity index (χ0v) is 14.6. The van der Waals surface area contributed by atoms with Crippen LogP contribution in [0.3, 0.4) is 0 Å². The molecule has 0 aliphatic heterocycles. The number of hydrogen-bond donors (Lipinski definition) is 2. The average molecular weight is 383 g/mol. The van der Waals surface area contributed by atoms with Crippen molar-refractivity contribution in [1.82, 2.24) is 9.88 Å². The van der Waals surface area contributed by atoms with E-state index in [2.05, 4.69) is 19.7 Å². The summed E-state index contributed by atoms with van der Waals surface area (Å²) in [5, 5.41) is 5.81. The quantitative estimate of drug-likeness (QED) is 0.599. The highest BCUT2D eigenvalue weighted by Crippen LogP contribution is 2.15. The van der Waals surface area contributed by atoms with Gasteiger partial charge in [-0.2, -0.15) is 0 Å². The Kier molecular flexibility index (Phi) is 6.69. The molecule has 0 fully saturated rings. The van der Waals surface area contributed by atoms with E-state index < -0.39 is 28.5 Å². The van der Waals surface area contributed by atoms with Crippen LogP contribution < -0.4 is 14.8 Å². The molecule has 1 aromatic heterocycles. The van der Waals surface area contributed by atoms with E-state index in [0.29, 0.717) is 5.75 Å². The molecule has 0 aliphatic rings. The van der Waals surface area contributed by atoms with Gasteiger partial charge in [0.1, 0.15) is 12.0 Å². The standard InChI is InChI=1S/C15H17N3O7S/c1-23-11-2-4-12(5-3-11)26(21,22)16-8-6-15(20)24-10-14(19)17-13-7-9-25-18-13/h2-5,7,9,16H,6,8,10H2,1H3,(H,17,18,19). The maximum Gasteiger partial charge on any atom is 0.307 e. The van der Waals surface area contributed by atoms with Crippen LogP contribution >= 0.6 is 0 Å². The number of aromatic nitrogens is 1. The van der Waals surface area contributed by atoms with Gasteiger partial charge in [0.2, 0.25) is 10.0 Å². The molecule has 10 nitrogen and oxygen atoms in total. The zero-order valence-electron chi connectivity index (χ0n) is 13.8. The van der Waals surface area contributed by atoms with Crippen molar-refractivity contribution in [2.24, 2.45) is 0 Å². The summed E-state index contributed by atoms with van der Waals surface area (Å²) in [6, 6.07) is 7.21. The maximum absolute atomic E-state index is 12.1. The number of sulfonamides is 1. The van der Waals surface area contributed by atoms with Gasteiger partial charge in [0.25, 0.3) is 5.91 Å². The van der Waals surface area contributed by atoms with Gasteiger partial charge < -0.3 is 19.3 Å². The first-order chi connectivity index (χ1) is 12.4. The van der Waals surface area contributed by atoms with Crippen LogP contribution in [0, 0.1) is 0 Å². The number of amides is 1. The normalized spacial score (nSPS) is 11.0. The zero-order chi connectivity index (χ0) is 19.0.